The van der Waals surface area contributed by atoms with E-state index < -0.39 is 5.41 Å². The van der Waals surface area contributed by atoms with Crippen LogP contribution >= 0.6 is 0 Å². The molecule has 0 bridgehead atoms. The van der Waals surface area contributed by atoms with Gasteiger partial charge >= 0.3 is 0 Å². The summed E-state index contributed by atoms with van der Waals surface area (Å²) in [7, 11) is 0. The monoisotopic (exact) mass is 347 g/mol. The number of halogens is 1. The van der Waals surface area contributed by atoms with Crippen LogP contribution in [0.25, 0.3) is 11.0 Å². The van der Waals surface area contributed by atoms with Crippen LogP contribution in [0.15, 0.2) is 48.7 Å². The maximum absolute atomic E-state index is 13.2. The van der Waals surface area contributed by atoms with E-state index in [1.165, 1.54) is 12.1 Å². The summed E-state index contributed by atoms with van der Waals surface area (Å²) in [4.78, 5) is 24.2. The van der Waals surface area contributed by atoms with Gasteiger partial charge in [-0.25, -0.2) is 14.4 Å². The molecule has 5 rings (SSSR count). The van der Waals surface area contributed by atoms with Crippen LogP contribution in [-0.4, -0.2) is 27.3 Å². The summed E-state index contributed by atoms with van der Waals surface area (Å²) in [6.07, 6.45) is 4.16. The largest absolute Gasteiger partial charge is 0.337 e. The van der Waals surface area contributed by atoms with Gasteiger partial charge in [0.15, 0.2) is 5.65 Å². The van der Waals surface area contributed by atoms with Crippen molar-refractivity contribution < 1.29 is 9.18 Å². The lowest BCUT2D eigenvalue weighted by atomic mass is 9.93. The molecule has 3 aromatic rings. The Balaban J connectivity index is 1.44. The van der Waals surface area contributed by atoms with Crippen molar-refractivity contribution >= 4 is 16.9 Å². The Morgan fingerprint density at radius 2 is 1.96 bits per heavy atom. The smallest absolute Gasteiger partial charge is 0.233 e. The molecule has 26 heavy (non-hydrogen) atoms. The minimum atomic E-state index is -0.461. The van der Waals surface area contributed by atoms with Crippen molar-refractivity contribution in [2.45, 2.75) is 31.2 Å². The van der Waals surface area contributed by atoms with Crippen molar-refractivity contribution in [2.75, 3.05) is 6.54 Å². The first-order valence-electron chi connectivity index (χ1n) is 8.95. The van der Waals surface area contributed by atoms with E-state index in [1.54, 1.807) is 18.3 Å². The normalized spacial score (nSPS) is 17.8. The summed E-state index contributed by atoms with van der Waals surface area (Å²) in [5, 5.41) is 1.00. The second-order valence-electron chi connectivity index (χ2n) is 7.21. The van der Waals surface area contributed by atoms with Crippen molar-refractivity contribution in [1.29, 1.82) is 0 Å². The van der Waals surface area contributed by atoms with Gasteiger partial charge in [-0.15, -0.1) is 0 Å². The number of hydrogen-bond donors (Lipinski definition) is 0. The molecule has 1 aliphatic heterocycles. The third-order valence-electron chi connectivity index (χ3n) is 5.58. The number of rotatable bonds is 2. The Bertz CT molecular complexity index is 1010. The number of nitrogens with zero attached hydrogens (tertiary/aromatic N) is 3. The molecule has 0 atom stereocenters. The number of amides is 1. The fourth-order valence-corrected chi connectivity index (χ4v) is 3.96. The first-order chi connectivity index (χ1) is 12.7. The Kier molecular flexibility index (Phi) is 3.32. The molecule has 1 saturated carbocycles. The fraction of sp³-hybridized carbons (Fsp3) is 0.286. The molecule has 1 amide bonds. The Morgan fingerprint density at radius 3 is 2.73 bits per heavy atom. The van der Waals surface area contributed by atoms with Gasteiger partial charge in [-0.1, -0.05) is 12.1 Å². The molecule has 2 aromatic heterocycles. The number of pyridine rings is 2. The highest BCUT2D eigenvalue weighted by Gasteiger charge is 2.53. The Labute approximate surface area is 150 Å². The third kappa shape index (κ3) is 2.38. The van der Waals surface area contributed by atoms with Gasteiger partial charge in [0, 0.05) is 36.8 Å². The average Bonchev–Trinajstić information content (AvgIpc) is 3.48. The number of carbonyl (C=O) groups is 1. The third-order valence-corrected chi connectivity index (χ3v) is 5.58. The molecule has 1 aliphatic carbocycles. The van der Waals surface area contributed by atoms with E-state index in [0.717, 1.165) is 47.1 Å². The van der Waals surface area contributed by atoms with Gasteiger partial charge in [0.05, 0.1) is 5.41 Å². The molecule has 2 aliphatic rings. The molecule has 4 nitrogen and oxygen atoms in total. The summed E-state index contributed by atoms with van der Waals surface area (Å²) < 4.78 is 13.2. The molecule has 0 radical (unpaired) electrons. The average molecular weight is 347 g/mol. The topological polar surface area (TPSA) is 46.1 Å². The molecular weight excluding hydrogens is 329 g/mol. The van der Waals surface area contributed by atoms with E-state index >= 15 is 0 Å². The van der Waals surface area contributed by atoms with Gasteiger partial charge in [0.25, 0.3) is 0 Å². The summed E-state index contributed by atoms with van der Waals surface area (Å²) in [5.41, 5.74) is 3.36. The van der Waals surface area contributed by atoms with E-state index in [4.69, 9.17) is 0 Å². The molecule has 0 unspecified atom stereocenters. The number of benzene rings is 1. The lowest BCUT2D eigenvalue weighted by molar-refractivity contribution is -0.134. The van der Waals surface area contributed by atoms with Crippen molar-refractivity contribution in [3.8, 4) is 0 Å². The van der Waals surface area contributed by atoms with Crippen molar-refractivity contribution in [3.05, 3.63) is 71.3 Å². The minimum Gasteiger partial charge on any atom is -0.337 e. The Morgan fingerprint density at radius 1 is 1.15 bits per heavy atom. The molecule has 3 heterocycles. The van der Waals surface area contributed by atoms with E-state index in [-0.39, 0.29) is 11.7 Å². The molecule has 5 heteroatoms. The zero-order valence-corrected chi connectivity index (χ0v) is 14.3. The van der Waals surface area contributed by atoms with E-state index in [2.05, 4.69) is 16.0 Å². The number of fused-ring (bicyclic) bond motifs is 2. The molecule has 130 valence electrons. The van der Waals surface area contributed by atoms with E-state index in [9.17, 15) is 9.18 Å². The highest BCUT2D eigenvalue weighted by Crippen LogP contribution is 2.50. The second-order valence-corrected chi connectivity index (χ2v) is 7.21. The quantitative estimate of drug-likeness (QED) is 0.714. The van der Waals surface area contributed by atoms with Crippen molar-refractivity contribution in [2.24, 2.45) is 0 Å². The zero-order valence-electron chi connectivity index (χ0n) is 14.3. The van der Waals surface area contributed by atoms with Gasteiger partial charge in [0.2, 0.25) is 5.91 Å². The van der Waals surface area contributed by atoms with Crippen LogP contribution in [0.5, 0.6) is 0 Å². The lowest BCUT2D eigenvalue weighted by Crippen LogP contribution is -2.42. The van der Waals surface area contributed by atoms with Crippen molar-refractivity contribution in [3.63, 3.8) is 0 Å². The first-order valence-corrected chi connectivity index (χ1v) is 8.95. The van der Waals surface area contributed by atoms with Crippen LogP contribution in [0, 0.1) is 5.82 Å². The Hall–Kier alpha value is -2.82. The van der Waals surface area contributed by atoms with Gasteiger partial charge < -0.3 is 4.90 Å². The number of carbonyl (C=O) groups excluding carboxylic acids is 1. The molecule has 0 N–H and O–H groups in total. The van der Waals surface area contributed by atoms with Crippen LogP contribution in [0.1, 0.15) is 29.7 Å². The predicted octanol–water partition coefficient (Wildman–Crippen LogP) is 3.39. The highest BCUT2D eigenvalue weighted by molar-refractivity contribution is 5.91. The van der Waals surface area contributed by atoms with E-state index in [0.29, 0.717) is 13.1 Å². The summed E-state index contributed by atoms with van der Waals surface area (Å²) in [6.45, 7) is 1.25. The molecule has 1 fully saturated rings. The van der Waals surface area contributed by atoms with E-state index in [1.807, 2.05) is 17.0 Å². The first kappa shape index (κ1) is 15.4. The van der Waals surface area contributed by atoms with Gasteiger partial charge in [-0.05, 0) is 54.3 Å². The summed E-state index contributed by atoms with van der Waals surface area (Å²) in [6, 6.07) is 12.4. The minimum absolute atomic E-state index is 0.154. The van der Waals surface area contributed by atoms with Crippen LogP contribution in [0.4, 0.5) is 4.39 Å². The highest BCUT2D eigenvalue weighted by atomic mass is 19.1. The maximum atomic E-state index is 13.2. The number of aromatic nitrogens is 2. The van der Waals surface area contributed by atoms with Gasteiger partial charge in [-0.3, -0.25) is 4.79 Å². The molecule has 0 saturated heterocycles. The van der Waals surface area contributed by atoms with Gasteiger partial charge in [0.1, 0.15) is 5.82 Å². The maximum Gasteiger partial charge on any atom is 0.233 e. The van der Waals surface area contributed by atoms with Crippen LogP contribution < -0.4 is 0 Å². The van der Waals surface area contributed by atoms with Crippen LogP contribution in [0.3, 0.4) is 0 Å². The summed E-state index contributed by atoms with van der Waals surface area (Å²) in [5.74, 6) is -0.114. The molecular formula is C21H18FN3O. The molecule has 1 aromatic carbocycles. The van der Waals surface area contributed by atoms with Gasteiger partial charge in [-0.2, -0.15) is 0 Å². The predicted molar refractivity (Wildman–Crippen MR) is 96.0 cm³/mol. The SMILES string of the molecule is O=C(N1CCc2nc3ncccc3cc2C1)C1(c2ccc(F)cc2)CC1. The standard InChI is InChI=1S/C21H18FN3O/c22-17-5-3-16(4-6-17)21(8-9-21)20(26)25-11-7-18-15(13-25)12-14-2-1-10-23-19(14)24-18/h1-6,10,12H,7-9,11,13H2. The van der Waals surface area contributed by atoms with Crippen LogP contribution in [-0.2, 0) is 23.2 Å². The number of hydrogen-bond acceptors (Lipinski definition) is 3. The second kappa shape index (κ2) is 5.59. The van der Waals surface area contributed by atoms with Crippen LogP contribution in [0.2, 0.25) is 0 Å². The zero-order chi connectivity index (χ0) is 17.7. The fourth-order valence-electron chi connectivity index (χ4n) is 3.96. The summed E-state index contributed by atoms with van der Waals surface area (Å²) >= 11 is 0. The lowest BCUT2D eigenvalue weighted by Gasteiger charge is -2.32. The van der Waals surface area contributed by atoms with Crippen molar-refractivity contribution in [1.82, 2.24) is 14.9 Å². The molecule has 0 spiro atoms.